The van der Waals surface area contributed by atoms with Gasteiger partial charge in [-0.1, -0.05) is 0 Å². The van der Waals surface area contributed by atoms with Crippen LogP contribution in [0, 0.1) is 0 Å². The van der Waals surface area contributed by atoms with Crippen LogP contribution in [0.3, 0.4) is 0 Å². The number of halogens is 3. The highest BCUT2D eigenvalue weighted by molar-refractivity contribution is 5.67. The maximum atomic E-state index is 12.9. The molecule has 0 amide bonds. The molecule has 0 saturated carbocycles. The maximum Gasteiger partial charge on any atom is 0.389 e. The lowest BCUT2D eigenvalue weighted by molar-refractivity contribution is -0.141. The normalized spacial score (nSPS) is 15.9. The number of hydrogen-bond acceptors (Lipinski definition) is 7. The number of nitrogens with zero attached hydrogens (tertiary/aromatic N) is 7. The van der Waals surface area contributed by atoms with E-state index in [9.17, 15) is 13.2 Å². The molecule has 1 atom stereocenters. The zero-order valence-electron chi connectivity index (χ0n) is 15.6. The summed E-state index contributed by atoms with van der Waals surface area (Å²) in [6.45, 7) is -0.117. The molecule has 30 heavy (non-hydrogen) atoms. The van der Waals surface area contributed by atoms with Crippen molar-refractivity contribution in [2.24, 2.45) is 7.05 Å². The Labute approximate surface area is 167 Å². The second-order valence-corrected chi connectivity index (χ2v) is 6.89. The first-order valence-corrected chi connectivity index (χ1v) is 9.04. The molecule has 1 N–H and O–H groups in total. The van der Waals surface area contributed by atoms with E-state index in [1.165, 1.54) is 4.40 Å². The van der Waals surface area contributed by atoms with Gasteiger partial charge < -0.3 is 10.1 Å². The van der Waals surface area contributed by atoms with Crippen LogP contribution in [-0.4, -0.2) is 47.1 Å². The number of aromatic nitrogens is 7. The van der Waals surface area contributed by atoms with Crippen molar-refractivity contribution >= 4 is 17.4 Å². The Hall–Kier alpha value is -3.70. The van der Waals surface area contributed by atoms with E-state index in [2.05, 4.69) is 30.6 Å². The molecule has 0 aliphatic carbocycles. The SMILES string of the molecule is Cn1nccc1Nc1nccc(-c2cc3n4c(nnc4c2)C(CC(F)(F)F)CO3)n1. The smallest absolute Gasteiger partial charge is 0.389 e. The molecule has 0 radical (unpaired) electrons. The van der Waals surface area contributed by atoms with Crippen LogP contribution in [0.15, 0.2) is 36.7 Å². The molecule has 0 aromatic carbocycles. The van der Waals surface area contributed by atoms with Crippen molar-refractivity contribution in [3.05, 3.63) is 42.5 Å². The molecular formula is C18H15F3N8O. The maximum absolute atomic E-state index is 12.9. The molecule has 1 unspecified atom stereocenters. The number of hydrogen-bond donors (Lipinski definition) is 1. The van der Waals surface area contributed by atoms with E-state index >= 15 is 0 Å². The lowest BCUT2D eigenvalue weighted by Gasteiger charge is -2.24. The highest BCUT2D eigenvalue weighted by Crippen LogP contribution is 2.36. The van der Waals surface area contributed by atoms with Crippen LogP contribution in [0.25, 0.3) is 16.9 Å². The third-order valence-electron chi connectivity index (χ3n) is 4.78. The van der Waals surface area contributed by atoms with Gasteiger partial charge in [0.25, 0.3) is 0 Å². The van der Waals surface area contributed by atoms with Crippen LogP contribution in [0.2, 0.25) is 0 Å². The first-order valence-electron chi connectivity index (χ1n) is 9.04. The average molecular weight is 416 g/mol. The van der Waals surface area contributed by atoms with Crippen molar-refractivity contribution in [3.63, 3.8) is 0 Å². The predicted molar refractivity (Wildman–Crippen MR) is 99.4 cm³/mol. The first-order chi connectivity index (χ1) is 14.4. The van der Waals surface area contributed by atoms with E-state index in [1.54, 1.807) is 48.4 Å². The van der Waals surface area contributed by atoms with Crippen molar-refractivity contribution in [1.29, 1.82) is 0 Å². The molecule has 9 nitrogen and oxygen atoms in total. The van der Waals surface area contributed by atoms with Gasteiger partial charge in [-0.25, -0.2) is 14.4 Å². The van der Waals surface area contributed by atoms with Crippen molar-refractivity contribution in [3.8, 4) is 17.1 Å². The molecule has 0 saturated heterocycles. The molecule has 0 spiro atoms. The van der Waals surface area contributed by atoms with Gasteiger partial charge in [0.1, 0.15) is 18.2 Å². The van der Waals surface area contributed by atoms with Crippen LogP contribution >= 0.6 is 0 Å². The monoisotopic (exact) mass is 416 g/mol. The van der Waals surface area contributed by atoms with Gasteiger partial charge in [0.2, 0.25) is 11.8 Å². The highest BCUT2D eigenvalue weighted by Gasteiger charge is 2.37. The van der Waals surface area contributed by atoms with Gasteiger partial charge in [0, 0.05) is 30.9 Å². The van der Waals surface area contributed by atoms with Crippen LogP contribution in [-0.2, 0) is 7.05 Å². The van der Waals surface area contributed by atoms with E-state index < -0.39 is 18.5 Å². The Balaban J connectivity index is 1.50. The van der Waals surface area contributed by atoms with E-state index in [0.29, 0.717) is 28.7 Å². The zero-order chi connectivity index (χ0) is 20.9. The summed E-state index contributed by atoms with van der Waals surface area (Å²) in [6.07, 6.45) is -2.07. The first kappa shape index (κ1) is 18.3. The van der Waals surface area contributed by atoms with E-state index in [1.807, 2.05) is 0 Å². The summed E-state index contributed by atoms with van der Waals surface area (Å²) in [6, 6.07) is 6.92. The Morgan fingerprint density at radius 2 is 2.07 bits per heavy atom. The summed E-state index contributed by atoms with van der Waals surface area (Å²) >= 11 is 0. The number of alkyl halides is 3. The zero-order valence-corrected chi connectivity index (χ0v) is 15.6. The molecule has 1 aliphatic rings. The van der Waals surface area contributed by atoms with Crippen LogP contribution in [0.4, 0.5) is 24.9 Å². The number of ether oxygens (including phenoxy) is 1. The minimum absolute atomic E-state index is 0.117. The fraction of sp³-hybridized carbons (Fsp3) is 0.278. The predicted octanol–water partition coefficient (Wildman–Crippen LogP) is 3.09. The molecule has 0 fully saturated rings. The van der Waals surface area contributed by atoms with Crippen molar-refractivity contribution in [1.82, 2.24) is 34.3 Å². The van der Waals surface area contributed by atoms with Gasteiger partial charge in [0.05, 0.1) is 24.2 Å². The molecular weight excluding hydrogens is 401 g/mol. The highest BCUT2D eigenvalue weighted by atomic mass is 19.4. The molecule has 5 rings (SSSR count). The number of anilines is 2. The van der Waals surface area contributed by atoms with Gasteiger partial charge >= 0.3 is 6.18 Å². The molecule has 1 aliphatic heterocycles. The van der Waals surface area contributed by atoms with Gasteiger partial charge in [-0.15, -0.1) is 10.2 Å². The topological polar surface area (TPSA) is 95.1 Å². The molecule has 4 aromatic rings. The number of aryl methyl sites for hydroxylation is 1. The Kier molecular flexibility index (Phi) is 4.08. The summed E-state index contributed by atoms with van der Waals surface area (Å²) in [5.74, 6) is 0.820. The molecule has 4 aromatic heterocycles. The molecule has 5 heterocycles. The molecule has 12 heteroatoms. The summed E-state index contributed by atoms with van der Waals surface area (Å²) in [5, 5.41) is 15.2. The van der Waals surface area contributed by atoms with Gasteiger partial charge in [-0.3, -0.25) is 4.68 Å². The van der Waals surface area contributed by atoms with Crippen LogP contribution in [0.5, 0.6) is 5.88 Å². The Morgan fingerprint density at radius 1 is 1.20 bits per heavy atom. The molecule has 154 valence electrons. The standard InChI is InChI=1S/C18H15F3N8O/c1-28-13(3-5-23-28)25-17-22-4-2-12(24-17)10-6-14-26-27-16-11(8-18(19,20)21)9-30-15(7-10)29(14)16/h2-7,11H,8-9H2,1H3,(H,22,24,25). The Morgan fingerprint density at radius 3 is 2.83 bits per heavy atom. The van der Waals surface area contributed by atoms with Crippen LogP contribution < -0.4 is 10.1 Å². The van der Waals surface area contributed by atoms with Gasteiger partial charge in [0.15, 0.2) is 5.65 Å². The summed E-state index contributed by atoms with van der Waals surface area (Å²) in [4.78, 5) is 8.72. The lowest BCUT2D eigenvalue weighted by Crippen LogP contribution is -2.25. The van der Waals surface area contributed by atoms with Crippen molar-refractivity contribution < 1.29 is 17.9 Å². The van der Waals surface area contributed by atoms with Crippen molar-refractivity contribution in [2.75, 3.05) is 11.9 Å². The van der Waals surface area contributed by atoms with Crippen molar-refractivity contribution in [2.45, 2.75) is 18.5 Å². The van der Waals surface area contributed by atoms with Gasteiger partial charge in [-0.05, 0) is 12.1 Å². The summed E-state index contributed by atoms with van der Waals surface area (Å²) in [7, 11) is 1.79. The second-order valence-electron chi connectivity index (χ2n) is 6.89. The van der Waals surface area contributed by atoms with E-state index in [-0.39, 0.29) is 12.4 Å². The van der Waals surface area contributed by atoms with Gasteiger partial charge in [-0.2, -0.15) is 18.3 Å². The third kappa shape index (κ3) is 3.29. The quantitative estimate of drug-likeness (QED) is 0.546. The third-order valence-corrected chi connectivity index (χ3v) is 4.78. The molecule has 0 bridgehead atoms. The Bertz CT molecular complexity index is 1230. The minimum atomic E-state index is -4.31. The van der Waals surface area contributed by atoms with E-state index in [4.69, 9.17) is 4.74 Å². The largest absolute Gasteiger partial charge is 0.478 e. The number of rotatable bonds is 4. The fourth-order valence-corrected chi connectivity index (χ4v) is 3.41. The average Bonchev–Trinajstić information content (AvgIpc) is 3.31. The fourth-order valence-electron chi connectivity index (χ4n) is 3.41. The minimum Gasteiger partial charge on any atom is -0.478 e. The summed E-state index contributed by atoms with van der Waals surface area (Å²) < 4.78 is 47.3. The van der Waals surface area contributed by atoms with E-state index in [0.717, 1.165) is 5.82 Å². The number of pyridine rings is 1. The summed E-state index contributed by atoms with van der Waals surface area (Å²) in [5.41, 5.74) is 1.67. The number of nitrogens with one attached hydrogen (secondary N) is 1. The second kappa shape index (κ2) is 6.68. The lowest BCUT2D eigenvalue weighted by atomic mass is 10.0. The van der Waals surface area contributed by atoms with Crippen LogP contribution in [0.1, 0.15) is 18.2 Å².